The molecule has 0 spiro atoms. The number of ketones is 1. The lowest BCUT2D eigenvalue weighted by Crippen LogP contribution is -2.31. The first-order valence-corrected chi connectivity index (χ1v) is 10.7. The summed E-state index contributed by atoms with van der Waals surface area (Å²) in [6, 6.07) is 10.9. The van der Waals surface area contributed by atoms with Crippen molar-refractivity contribution in [3.8, 4) is 11.5 Å². The second-order valence-corrected chi connectivity index (χ2v) is 8.11. The van der Waals surface area contributed by atoms with Crippen molar-refractivity contribution in [1.82, 2.24) is 10.3 Å². The molecule has 1 atom stereocenters. The van der Waals surface area contributed by atoms with Gasteiger partial charge in [-0.1, -0.05) is 17.7 Å². The van der Waals surface area contributed by atoms with Crippen LogP contribution in [-0.4, -0.2) is 29.8 Å². The van der Waals surface area contributed by atoms with Crippen LogP contribution >= 0.6 is 11.6 Å². The van der Waals surface area contributed by atoms with Gasteiger partial charge in [-0.2, -0.15) is 0 Å². The maximum absolute atomic E-state index is 14.2. The van der Waals surface area contributed by atoms with Gasteiger partial charge in [0.15, 0.2) is 11.5 Å². The van der Waals surface area contributed by atoms with Crippen molar-refractivity contribution < 1.29 is 18.4 Å². The molecule has 0 unspecified atom stereocenters. The highest BCUT2D eigenvalue weighted by Gasteiger charge is 2.23. The van der Waals surface area contributed by atoms with Gasteiger partial charge in [0.2, 0.25) is 11.8 Å². The van der Waals surface area contributed by atoms with Crippen LogP contribution < -0.4 is 16.4 Å². The minimum absolute atomic E-state index is 0.0424. The quantitative estimate of drug-likeness (QED) is 0.450. The van der Waals surface area contributed by atoms with Gasteiger partial charge in [-0.25, -0.2) is 9.37 Å². The molecule has 3 aromatic rings. The number of nitrogens with zero attached hydrogens (tertiary/aromatic N) is 1. The molecule has 1 aliphatic heterocycles. The number of oxazole rings is 1. The summed E-state index contributed by atoms with van der Waals surface area (Å²) in [5.74, 6) is -1.26. The van der Waals surface area contributed by atoms with E-state index in [0.717, 1.165) is 25.9 Å². The number of rotatable bonds is 7. The number of amides is 1. The highest BCUT2D eigenvalue weighted by Crippen LogP contribution is 2.34. The highest BCUT2D eigenvalue weighted by atomic mass is 35.5. The zero-order chi connectivity index (χ0) is 22.7. The van der Waals surface area contributed by atoms with Gasteiger partial charge in [-0.3, -0.25) is 9.59 Å². The Morgan fingerprint density at radius 2 is 2.03 bits per heavy atom. The Kier molecular flexibility index (Phi) is 6.53. The molecule has 0 aliphatic carbocycles. The van der Waals surface area contributed by atoms with Crippen LogP contribution in [0.1, 0.15) is 40.1 Å². The Morgan fingerprint density at radius 3 is 2.69 bits per heavy atom. The number of aromatic nitrogens is 1. The van der Waals surface area contributed by atoms with Crippen LogP contribution in [-0.2, 0) is 0 Å². The normalized spacial score (nSPS) is 16.0. The summed E-state index contributed by atoms with van der Waals surface area (Å²) in [6.45, 7) is 1.87. The Morgan fingerprint density at radius 1 is 1.25 bits per heavy atom. The average molecular weight is 457 g/mol. The summed E-state index contributed by atoms with van der Waals surface area (Å²) in [7, 11) is 0. The molecule has 4 N–H and O–H groups in total. The minimum atomic E-state index is -0.845. The van der Waals surface area contributed by atoms with Gasteiger partial charge in [0.25, 0.3) is 5.91 Å². The van der Waals surface area contributed by atoms with Gasteiger partial charge in [-0.05, 0) is 68.2 Å². The lowest BCUT2D eigenvalue weighted by molar-refractivity contribution is 0.0952. The maximum atomic E-state index is 14.2. The van der Waals surface area contributed by atoms with Crippen molar-refractivity contribution in [2.75, 3.05) is 18.4 Å². The first kappa shape index (κ1) is 22.0. The number of carbonyl (C=O) groups is 2. The third kappa shape index (κ3) is 4.81. The molecule has 0 bridgehead atoms. The number of piperidine rings is 1. The van der Waals surface area contributed by atoms with Crippen molar-refractivity contribution in [3.63, 3.8) is 0 Å². The molecule has 1 aromatic heterocycles. The van der Waals surface area contributed by atoms with Crippen LogP contribution in [0.5, 0.6) is 0 Å². The van der Waals surface area contributed by atoms with Crippen molar-refractivity contribution in [1.29, 1.82) is 0 Å². The summed E-state index contributed by atoms with van der Waals surface area (Å²) in [6.07, 6.45) is 2.63. The average Bonchev–Trinajstić information content (AvgIpc) is 3.18. The largest absolute Gasteiger partial charge is 0.419 e. The zero-order valence-corrected chi connectivity index (χ0v) is 17.9. The lowest BCUT2D eigenvalue weighted by atomic mass is 9.92. The monoisotopic (exact) mass is 456 g/mol. The second-order valence-electron chi connectivity index (χ2n) is 7.70. The second kappa shape index (κ2) is 9.50. The maximum Gasteiger partial charge on any atom is 0.273 e. The van der Waals surface area contributed by atoms with Gasteiger partial charge >= 0.3 is 0 Å². The van der Waals surface area contributed by atoms with E-state index in [-0.39, 0.29) is 33.8 Å². The number of Topliss-reactive ketones (excluding diaryl/α,β-unsaturated/α-hetero) is 1. The van der Waals surface area contributed by atoms with Crippen molar-refractivity contribution in [2.45, 2.75) is 19.3 Å². The summed E-state index contributed by atoms with van der Waals surface area (Å²) in [5, 5.41) is 6.32. The summed E-state index contributed by atoms with van der Waals surface area (Å²) in [5.41, 5.74) is 6.30. The third-order valence-corrected chi connectivity index (χ3v) is 5.69. The molecular formula is C23H22ClFN4O3. The smallest absolute Gasteiger partial charge is 0.273 e. The zero-order valence-electron chi connectivity index (χ0n) is 17.2. The van der Waals surface area contributed by atoms with E-state index in [1.54, 1.807) is 24.3 Å². The van der Waals surface area contributed by atoms with Gasteiger partial charge in [0, 0.05) is 17.7 Å². The lowest BCUT2D eigenvalue weighted by Gasteiger charge is -2.21. The molecule has 32 heavy (non-hydrogen) atoms. The van der Waals surface area contributed by atoms with E-state index in [1.165, 1.54) is 18.2 Å². The van der Waals surface area contributed by atoms with E-state index in [1.807, 2.05) is 0 Å². The molecule has 166 valence electrons. The summed E-state index contributed by atoms with van der Waals surface area (Å²) in [4.78, 5) is 28.4. The van der Waals surface area contributed by atoms with Crippen LogP contribution in [0.2, 0.25) is 5.02 Å². The Labute approximate surface area is 189 Å². The first-order valence-electron chi connectivity index (χ1n) is 10.3. The number of benzene rings is 2. The predicted molar refractivity (Wildman–Crippen MR) is 120 cm³/mol. The van der Waals surface area contributed by atoms with E-state index < -0.39 is 11.7 Å². The molecule has 9 heteroatoms. The molecule has 4 rings (SSSR count). The molecule has 2 aromatic carbocycles. The number of hydrogen-bond acceptors (Lipinski definition) is 6. The molecule has 1 fully saturated rings. The van der Waals surface area contributed by atoms with Crippen LogP contribution in [0.25, 0.3) is 11.5 Å². The number of carbonyl (C=O) groups excluding carboxylic acids is 2. The van der Waals surface area contributed by atoms with Crippen LogP contribution in [0.3, 0.4) is 0 Å². The van der Waals surface area contributed by atoms with Crippen LogP contribution in [0, 0.1) is 11.7 Å². The fraction of sp³-hybridized carbons (Fsp3) is 0.261. The van der Waals surface area contributed by atoms with Crippen LogP contribution in [0.15, 0.2) is 46.9 Å². The van der Waals surface area contributed by atoms with E-state index in [4.69, 9.17) is 21.8 Å². The molecule has 0 saturated carbocycles. The number of primary amides is 1. The fourth-order valence-electron chi connectivity index (χ4n) is 3.73. The fourth-order valence-corrected chi connectivity index (χ4v) is 3.97. The van der Waals surface area contributed by atoms with Crippen LogP contribution in [0.4, 0.5) is 16.0 Å². The van der Waals surface area contributed by atoms with Gasteiger partial charge in [0.05, 0.1) is 10.6 Å². The Balaban J connectivity index is 1.53. The Hall–Kier alpha value is -3.23. The molecule has 2 heterocycles. The van der Waals surface area contributed by atoms with Crippen molar-refractivity contribution >= 4 is 34.9 Å². The number of nitrogens with one attached hydrogen (secondary N) is 2. The van der Waals surface area contributed by atoms with Crippen molar-refractivity contribution in [3.05, 3.63) is 64.6 Å². The topological polar surface area (TPSA) is 110 Å². The van der Waals surface area contributed by atoms with E-state index in [0.29, 0.717) is 23.6 Å². The predicted octanol–water partition coefficient (Wildman–Crippen LogP) is 4.55. The molecule has 1 saturated heterocycles. The first-order chi connectivity index (χ1) is 15.4. The minimum Gasteiger partial charge on any atom is -0.419 e. The van der Waals surface area contributed by atoms with Crippen molar-refractivity contribution in [2.24, 2.45) is 11.7 Å². The standard InChI is InChI=1S/C23H22ClFN4O3/c24-16-4-1-5-17(25)19(16)22-29-20(21(26)31)23(32-22)28-15-8-6-14(7-9-15)18(30)11-13-3-2-10-27-12-13/h1,4-9,13,27-28H,2-3,10-12H2,(H2,26,31)/t13-/m1/s1. The van der Waals surface area contributed by atoms with Gasteiger partial charge in [0.1, 0.15) is 5.82 Å². The van der Waals surface area contributed by atoms with E-state index in [2.05, 4.69) is 15.6 Å². The highest BCUT2D eigenvalue weighted by molar-refractivity contribution is 6.33. The van der Waals surface area contributed by atoms with Gasteiger partial charge < -0.3 is 20.8 Å². The molecule has 1 aliphatic rings. The molecule has 1 amide bonds. The SMILES string of the molecule is NC(=O)c1nc(-c2c(F)cccc2Cl)oc1Nc1ccc(C(=O)C[C@H]2CCCNC2)cc1. The molecular weight excluding hydrogens is 435 g/mol. The number of hydrogen-bond donors (Lipinski definition) is 3. The van der Waals surface area contributed by atoms with E-state index in [9.17, 15) is 14.0 Å². The number of halogens is 2. The third-order valence-electron chi connectivity index (χ3n) is 5.37. The molecule has 7 nitrogen and oxygen atoms in total. The summed E-state index contributed by atoms with van der Waals surface area (Å²) < 4.78 is 19.8. The van der Waals surface area contributed by atoms with E-state index >= 15 is 0 Å². The number of nitrogens with two attached hydrogens (primary N) is 1. The summed E-state index contributed by atoms with van der Waals surface area (Å²) >= 11 is 6.07. The number of anilines is 2. The van der Waals surface area contributed by atoms with Gasteiger partial charge in [-0.15, -0.1) is 0 Å². The Bertz CT molecular complexity index is 1120. The molecule has 0 radical (unpaired) electrons.